The first kappa shape index (κ1) is 17.5. The van der Waals surface area contributed by atoms with Crippen LogP contribution in [0.15, 0.2) is 30.3 Å². The molecule has 1 amide bonds. The minimum absolute atomic E-state index is 0.00833. The van der Waals surface area contributed by atoms with E-state index in [1.54, 1.807) is 25.3 Å². The molecule has 1 aromatic heterocycles. The fourth-order valence-electron chi connectivity index (χ4n) is 2.95. The maximum atomic E-state index is 12.6. The van der Waals surface area contributed by atoms with Gasteiger partial charge in [-0.15, -0.1) is 5.10 Å². The Hall–Kier alpha value is -2.34. The lowest BCUT2D eigenvalue weighted by molar-refractivity contribution is -0.120. The molecule has 1 aliphatic rings. The number of amides is 1. The van der Waals surface area contributed by atoms with Gasteiger partial charge in [0.1, 0.15) is 5.75 Å². The predicted molar refractivity (Wildman–Crippen MR) is 98.3 cm³/mol. The van der Waals surface area contributed by atoms with E-state index in [0.29, 0.717) is 23.0 Å². The van der Waals surface area contributed by atoms with Crippen LogP contribution >= 0.6 is 11.6 Å². The first-order chi connectivity index (χ1) is 12.1. The van der Waals surface area contributed by atoms with Crippen LogP contribution in [0, 0.1) is 12.8 Å². The van der Waals surface area contributed by atoms with Crippen molar-refractivity contribution in [3.8, 4) is 5.75 Å². The third kappa shape index (κ3) is 4.20. The molecule has 25 heavy (non-hydrogen) atoms. The molecule has 1 atom stereocenters. The smallest absolute Gasteiger partial charge is 0.229 e. The largest absolute Gasteiger partial charge is 0.495 e. The minimum atomic E-state index is -0.0993. The quantitative estimate of drug-likeness (QED) is 0.906. The topological polar surface area (TPSA) is 67.3 Å². The molecule has 6 nitrogen and oxygen atoms in total. The summed E-state index contributed by atoms with van der Waals surface area (Å²) in [6.45, 7) is 3.42. The molecule has 1 aromatic carbocycles. The molecular weight excluding hydrogens is 340 g/mol. The lowest BCUT2D eigenvalue weighted by Crippen LogP contribution is -2.41. The third-order valence-corrected chi connectivity index (χ3v) is 4.61. The summed E-state index contributed by atoms with van der Waals surface area (Å²) in [5, 5.41) is 11.7. The first-order valence-corrected chi connectivity index (χ1v) is 8.64. The van der Waals surface area contributed by atoms with Gasteiger partial charge in [0, 0.05) is 18.8 Å². The molecule has 0 spiro atoms. The zero-order valence-electron chi connectivity index (χ0n) is 14.3. The molecule has 0 bridgehead atoms. The molecule has 1 fully saturated rings. The van der Waals surface area contributed by atoms with Crippen molar-refractivity contribution < 1.29 is 9.53 Å². The normalized spacial score (nSPS) is 17.2. The predicted octanol–water partition coefficient (Wildman–Crippen LogP) is 3.30. The zero-order valence-corrected chi connectivity index (χ0v) is 15.1. The summed E-state index contributed by atoms with van der Waals surface area (Å²) in [6, 6.07) is 9.11. The summed E-state index contributed by atoms with van der Waals surface area (Å²) in [5.74, 6) is 1.29. The van der Waals surface area contributed by atoms with Crippen molar-refractivity contribution in [2.75, 3.05) is 30.4 Å². The highest BCUT2D eigenvalue weighted by molar-refractivity contribution is 6.32. The molecule has 0 saturated carbocycles. The van der Waals surface area contributed by atoms with E-state index in [0.717, 1.165) is 30.9 Å². The van der Waals surface area contributed by atoms with Gasteiger partial charge in [-0.05, 0) is 50.1 Å². The number of ether oxygens (including phenoxy) is 1. The number of piperidine rings is 1. The van der Waals surface area contributed by atoms with E-state index in [1.807, 2.05) is 19.1 Å². The number of rotatable bonds is 4. The zero-order chi connectivity index (χ0) is 17.8. The van der Waals surface area contributed by atoms with Gasteiger partial charge in [-0.2, -0.15) is 5.10 Å². The molecule has 0 radical (unpaired) electrons. The standard InChI is InChI=1S/C18H21ClN4O2/c1-12-5-8-17(22-21-12)23-9-3-4-13(11-23)18(24)20-14-6-7-16(25-2)15(19)10-14/h5-8,10,13H,3-4,9,11H2,1-2H3,(H,20,24). The Bertz CT molecular complexity index is 751. The van der Waals surface area contributed by atoms with E-state index in [4.69, 9.17) is 16.3 Å². The molecule has 7 heteroatoms. The van der Waals surface area contributed by atoms with Gasteiger partial charge in [0.05, 0.1) is 23.7 Å². The number of methoxy groups -OCH3 is 1. The Kier molecular flexibility index (Phi) is 5.38. The number of hydrogen-bond acceptors (Lipinski definition) is 5. The second-order valence-electron chi connectivity index (χ2n) is 6.16. The van der Waals surface area contributed by atoms with Crippen molar-refractivity contribution in [3.05, 3.63) is 41.0 Å². The number of benzene rings is 1. The number of hydrogen-bond donors (Lipinski definition) is 1. The fraction of sp³-hybridized carbons (Fsp3) is 0.389. The summed E-state index contributed by atoms with van der Waals surface area (Å²) >= 11 is 6.11. The number of anilines is 2. The van der Waals surface area contributed by atoms with Crippen LogP contribution in [-0.4, -0.2) is 36.3 Å². The monoisotopic (exact) mass is 360 g/mol. The van der Waals surface area contributed by atoms with E-state index in [9.17, 15) is 4.79 Å². The third-order valence-electron chi connectivity index (χ3n) is 4.32. The van der Waals surface area contributed by atoms with Crippen LogP contribution in [-0.2, 0) is 4.79 Å². The van der Waals surface area contributed by atoms with Crippen molar-refractivity contribution in [1.82, 2.24) is 10.2 Å². The first-order valence-electron chi connectivity index (χ1n) is 8.26. The molecule has 1 unspecified atom stereocenters. The molecule has 1 saturated heterocycles. The van der Waals surface area contributed by atoms with Crippen molar-refractivity contribution in [3.63, 3.8) is 0 Å². The number of nitrogens with zero attached hydrogens (tertiary/aromatic N) is 3. The van der Waals surface area contributed by atoms with Crippen LogP contribution in [0.4, 0.5) is 11.5 Å². The van der Waals surface area contributed by atoms with Gasteiger partial charge in [-0.1, -0.05) is 11.6 Å². The van der Waals surface area contributed by atoms with E-state index in [1.165, 1.54) is 0 Å². The number of aromatic nitrogens is 2. The van der Waals surface area contributed by atoms with Crippen LogP contribution in [0.2, 0.25) is 5.02 Å². The molecule has 1 N–H and O–H groups in total. The van der Waals surface area contributed by atoms with E-state index < -0.39 is 0 Å². The van der Waals surface area contributed by atoms with Crippen molar-refractivity contribution in [1.29, 1.82) is 0 Å². The van der Waals surface area contributed by atoms with Crippen molar-refractivity contribution in [2.45, 2.75) is 19.8 Å². The second-order valence-corrected chi connectivity index (χ2v) is 6.56. The average Bonchev–Trinajstić information content (AvgIpc) is 2.62. The van der Waals surface area contributed by atoms with Crippen molar-refractivity contribution >= 4 is 29.0 Å². The van der Waals surface area contributed by atoms with Crippen LogP contribution < -0.4 is 15.0 Å². The lowest BCUT2D eigenvalue weighted by atomic mass is 9.97. The summed E-state index contributed by atoms with van der Waals surface area (Å²) in [4.78, 5) is 14.7. The second kappa shape index (κ2) is 7.70. The van der Waals surface area contributed by atoms with Gasteiger partial charge in [0.15, 0.2) is 5.82 Å². The summed E-state index contributed by atoms with van der Waals surface area (Å²) in [6.07, 6.45) is 1.79. The van der Waals surface area contributed by atoms with Crippen LogP contribution in [0.5, 0.6) is 5.75 Å². The van der Waals surface area contributed by atoms with Gasteiger partial charge in [-0.3, -0.25) is 4.79 Å². The van der Waals surface area contributed by atoms with Crippen LogP contribution in [0.25, 0.3) is 0 Å². The molecule has 132 valence electrons. The Balaban J connectivity index is 1.65. The highest BCUT2D eigenvalue weighted by atomic mass is 35.5. The molecular formula is C18H21ClN4O2. The van der Waals surface area contributed by atoms with Gasteiger partial charge in [0.2, 0.25) is 5.91 Å². The Morgan fingerprint density at radius 2 is 2.16 bits per heavy atom. The maximum Gasteiger partial charge on any atom is 0.229 e. The number of halogens is 1. The number of nitrogens with one attached hydrogen (secondary N) is 1. The summed E-state index contributed by atoms with van der Waals surface area (Å²) in [5.41, 5.74) is 1.55. The molecule has 1 aliphatic heterocycles. The van der Waals surface area contributed by atoms with Gasteiger partial charge < -0.3 is 15.0 Å². The number of carbonyl (C=O) groups is 1. The fourth-order valence-corrected chi connectivity index (χ4v) is 3.21. The Labute approximate surface area is 152 Å². The summed E-state index contributed by atoms with van der Waals surface area (Å²) < 4.78 is 5.13. The molecule has 2 heterocycles. The van der Waals surface area contributed by atoms with E-state index >= 15 is 0 Å². The molecule has 0 aliphatic carbocycles. The molecule has 3 rings (SSSR count). The molecule has 2 aromatic rings. The van der Waals surface area contributed by atoms with Crippen LogP contribution in [0.1, 0.15) is 18.5 Å². The van der Waals surface area contributed by atoms with Crippen molar-refractivity contribution in [2.24, 2.45) is 5.92 Å². The Morgan fingerprint density at radius 1 is 1.32 bits per heavy atom. The lowest BCUT2D eigenvalue weighted by Gasteiger charge is -2.32. The summed E-state index contributed by atoms with van der Waals surface area (Å²) in [7, 11) is 1.56. The van der Waals surface area contributed by atoms with Crippen LogP contribution in [0.3, 0.4) is 0 Å². The van der Waals surface area contributed by atoms with Gasteiger partial charge in [0.25, 0.3) is 0 Å². The highest BCUT2D eigenvalue weighted by Gasteiger charge is 2.26. The number of carbonyl (C=O) groups excluding carboxylic acids is 1. The van der Waals surface area contributed by atoms with Gasteiger partial charge in [-0.25, -0.2) is 0 Å². The minimum Gasteiger partial charge on any atom is -0.495 e. The van der Waals surface area contributed by atoms with E-state index in [2.05, 4.69) is 20.4 Å². The highest BCUT2D eigenvalue weighted by Crippen LogP contribution is 2.28. The number of aryl methyl sites for hydroxylation is 1. The average molecular weight is 361 g/mol. The Morgan fingerprint density at radius 3 is 2.84 bits per heavy atom. The van der Waals surface area contributed by atoms with E-state index in [-0.39, 0.29) is 11.8 Å². The van der Waals surface area contributed by atoms with Gasteiger partial charge >= 0.3 is 0 Å². The SMILES string of the molecule is COc1ccc(NC(=O)C2CCCN(c3ccc(C)nn3)C2)cc1Cl. The maximum absolute atomic E-state index is 12.6.